The van der Waals surface area contributed by atoms with Crippen LogP contribution in [0.4, 0.5) is 5.69 Å². The fraction of sp³-hybridized carbons (Fsp3) is 0.529. The average Bonchev–Trinajstić information content (AvgIpc) is 2.62. The first kappa shape index (κ1) is 21.3. The fourth-order valence-electron chi connectivity index (χ4n) is 2.59. The first-order valence-corrected chi connectivity index (χ1v) is 10.2. The summed E-state index contributed by atoms with van der Waals surface area (Å²) < 4.78 is 32.4. The second kappa shape index (κ2) is 9.79. The van der Waals surface area contributed by atoms with Crippen molar-refractivity contribution in [2.24, 2.45) is 0 Å². The SMILES string of the molecule is CC(=O)Nc1ccc(S(=O)(=O)N[C@@H](C)C(=O)NCCN2CCOCC2)cc1. The van der Waals surface area contributed by atoms with Gasteiger partial charge in [0.25, 0.3) is 0 Å². The number of sulfonamides is 1. The maximum absolute atomic E-state index is 12.4. The van der Waals surface area contributed by atoms with Gasteiger partial charge in [-0.25, -0.2) is 8.42 Å². The summed E-state index contributed by atoms with van der Waals surface area (Å²) in [4.78, 5) is 25.3. The van der Waals surface area contributed by atoms with Crippen LogP contribution in [-0.2, 0) is 24.3 Å². The molecule has 3 N–H and O–H groups in total. The summed E-state index contributed by atoms with van der Waals surface area (Å²) in [5.41, 5.74) is 0.496. The number of morpholine rings is 1. The third-order valence-corrected chi connectivity index (χ3v) is 5.60. The lowest BCUT2D eigenvalue weighted by Crippen LogP contribution is -2.47. The Hall–Kier alpha value is -2.01. The predicted molar refractivity (Wildman–Crippen MR) is 101 cm³/mol. The molecule has 0 aromatic heterocycles. The molecular weight excluding hydrogens is 372 g/mol. The van der Waals surface area contributed by atoms with Gasteiger partial charge in [0.2, 0.25) is 21.8 Å². The van der Waals surface area contributed by atoms with Gasteiger partial charge in [-0.1, -0.05) is 0 Å². The maximum atomic E-state index is 12.4. The van der Waals surface area contributed by atoms with Crippen molar-refractivity contribution in [3.63, 3.8) is 0 Å². The number of rotatable bonds is 8. The van der Waals surface area contributed by atoms with Crippen molar-refractivity contribution in [2.75, 3.05) is 44.7 Å². The van der Waals surface area contributed by atoms with Gasteiger partial charge >= 0.3 is 0 Å². The van der Waals surface area contributed by atoms with E-state index in [4.69, 9.17) is 4.74 Å². The first-order valence-electron chi connectivity index (χ1n) is 8.76. The van der Waals surface area contributed by atoms with Crippen molar-refractivity contribution < 1.29 is 22.7 Å². The van der Waals surface area contributed by atoms with Crippen LogP contribution in [0.1, 0.15) is 13.8 Å². The van der Waals surface area contributed by atoms with Gasteiger partial charge in [-0.05, 0) is 31.2 Å². The third-order valence-electron chi connectivity index (χ3n) is 4.04. The molecule has 1 aliphatic heterocycles. The fourth-order valence-corrected chi connectivity index (χ4v) is 3.79. The van der Waals surface area contributed by atoms with E-state index >= 15 is 0 Å². The standard InChI is InChI=1S/C17H26N4O5S/c1-13(17(23)18-7-8-21-9-11-26-12-10-21)20-27(24,25)16-5-3-15(4-6-16)19-14(2)22/h3-6,13,20H,7-12H2,1-2H3,(H,18,23)(H,19,22)/t13-/m0/s1. The van der Waals surface area contributed by atoms with Crippen LogP contribution in [0.15, 0.2) is 29.2 Å². The molecule has 1 heterocycles. The van der Waals surface area contributed by atoms with Crippen LogP contribution < -0.4 is 15.4 Å². The number of hydrogen-bond donors (Lipinski definition) is 3. The molecule has 1 aliphatic rings. The lowest BCUT2D eigenvalue weighted by molar-refractivity contribution is -0.122. The predicted octanol–water partition coefficient (Wildman–Crippen LogP) is -0.240. The summed E-state index contributed by atoms with van der Waals surface area (Å²) in [6.07, 6.45) is 0. The van der Waals surface area contributed by atoms with E-state index in [9.17, 15) is 18.0 Å². The van der Waals surface area contributed by atoms with E-state index in [1.54, 1.807) is 0 Å². The largest absolute Gasteiger partial charge is 0.379 e. The van der Waals surface area contributed by atoms with Crippen molar-refractivity contribution >= 4 is 27.5 Å². The van der Waals surface area contributed by atoms with Crippen molar-refractivity contribution in [2.45, 2.75) is 24.8 Å². The van der Waals surface area contributed by atoms with Gasteiger partial charge in [0.1, 0.15) is 0 Å². The van der Waals surface area contributed by atoms with Crippen LogP contribution in [0.5, 0.6) is 0 Å². The monoisotopic (exact) mass is 398 g/mol. The zero-order valence-electron chi connectivity index (χ0n) is 15.5. The number of nitrogens with zero attached hydrogens (tertiary/aromatic N) is 1. The molecule has 0 saturated carbocycles. The Bertz CT molecular complexity index is 745. The molecule has 1 aromatic carbocycles. The van der Waals surface area contributed by atoms with Gasteiger partial charge in [-0.3, -0.25) is 14.5 Å². The number of benzene rings is 1. The number of ether oxygens (including phenoxy) is 1. The highest BCUT2D eigenvalue weighted by Crippen LogP contribution is 2.14. The van der Waals surface area contributed by atoms with Crippen molar-refractivity contribution in [3.05, 3.63) is 24.3 Å². The second-order valence-corrected chi connectivity index (χ2v) is 8.01. The second-order valence-electron chi connectivity index (χ2n) is 6.29. The molecule has 0 aliphatic carbocycles. The summed E-state index contributed by atoms with van der Waals surface area (Å²) in [6.45, 7) is 7.02. The highest BCUT2D eigenvalue weighted by Gasteiger charge is 2.22. The molecule has 1 saturated heterocycles. The van der Waals surface area contributed by atoms with E-state index in [0.717, 1.165) is 13.1 Å². The number of amides is 2. The zero-order valence-corrected chi connectivity index (χ0v) is 16.3. The van der Waals surface area contributed by atoms with E-state index in [-0.39, 0.29) is 16.7 Å². The number of anilines is 1. The van der Waals surface area contributed by atoms with E-state index in [2.05, 4.69) is 20.3 Å². The van der Waals surface area contributed by atoms with E-state index < -0.39 is 16.1 Å². The molecule has 2 amide bonds. The molecule has 0 radical (unpaired) electrons. The Labute approximate surface area is 159 Å². The molecule has 2 rings (SSSR count). The van der Waals surface area contributed by atoms with E-state index in [0.29, 0.717) is 32.0 Å². The Kier molecular flexibility index (Phi) is 7.72. The van der Waals surface area contributed by atoms with E-state index in [1.165, 1.54) is 38.1 Å². The Morgan fingerprint density at radius 1 is 1.19 bits per heavy atom. The molecule has 0 spiro atoms. The summed E-state index contributed by atoms with van der Waals surface area (Å²) in [6, 6.07) is 4.81. The molecule has 1 aromatic rings. The molecule has 10 heteroatoms. The Morgan fingerprint density at radius 3 is 2.41 bits per heavy atom. The lowest BCUT2D eigenvalue weighted by atomic mass is 10.3. The van der Waals surface area contributed by atoms with Gasteiger partial charge in [-0.15, -0.1) is 0 Å². The van der Waals surface area contributed by atoms with Crippen LogP contribution >= 0.6 is 0 Å². The Balaban J connectivity index is 1.83. The quantitative estimate of drug-likeness (QED) is 0.556. The number of carbonyl (C=O) groups excluding carboxylic acids is 2. The summed E-state index contributed by atoms with van der Waals surface area (Å²) in [5, 5.41) is 5.30. The molecule has 1 atom stereocenters. The van der Waals surface area contributed by atoms with Crippen LogP contribution in [0.2, 0.25) is 0 Å². The lowest BCUT2D eigenvalue weighted by Gasteiger charge is -2.26. The normalized spacial score (nSPS) is 16.5. The highest BCUT2D eigenvalue weighted by molar-refractivity contribution is 7.89. The van der Waals surface area contributed by atoms with Crippen LogP contribution in [-0.4, -0.2) is 70.6 Å². The minimum Gasteiger partial charge on any atom is -0.379 e. The summed E-state index contributed by atoms with van der Waals surface area (Å²) in [7, 11) is -3.85. The summed E-state index contributed by atoms with van der Waals surface area (Å²) >= 11 is 0. The molecule has 1 fully saturated rings. The zero-order chi connectivity index (χ0) is 19.9. The minimum absolute atomic E-state index is 0.0181. The summed E-state index contributed by atoms with van der Waals surface area (Å²) in [5.74, 6) is -0.632. The van der Waals surface area contributed by atoms with Crippen LogP contribution in [0.25, 0.3) is 0 Å². The van der Waals surface area contributed by atoms with Gasteiger partial charge < -0.3 is 15.4 Å². The van der Waals surface area contributed by atoms with Gasteiger partial charge in [0.05, 0.1) is 24.2 Å². The minimum atomic E-state index is -3.85. The maximum Gasteiger partial charge on any atom is 0.241 e. The molecule has 27 heavy (non-hydrogen) atoms. The van der Waals surface area contributed by atoms with Crippen molar-refractivity contribution in [1.29, 1.82) is 0 Å². The van der Waals surface area contributed by atoms with Crippen molar-refractivity contribution in [3.8, 4) is 0 Å². The first-order chi connectivity index (χ1) is 12.8. The number of nitrogens with one attached hydrogen (secondary N) is 3. The van der Waals surface area contributed by atoms with E-state index in [1.807, 2.05) is 0 Å². The van der Waals surface area contributed by atoms with Crippen LogP contribution in [0.3, 0.4) is 0 Å². The van der Waals surface area contributed by atoms with Gasteiger partial charge in [0, 0.05) is 38.8 Å². The molecule has 0 unspecified atom stereocenters. The van der Waals surface area contributed by atoms with Crippen LogP contribution in [0, 0.1) is 0 Å². The highest BCUT2D eigenvalue weighted by atomic mass is 32.2. The molecule has 9 nitrogen and oxygen atoms in total. The molecular formula is C17H26N4O5S. The molecule has 150 valence electrons. The number of carbonyl (C=O) groups is 2. The Morgan fingerprint density at radius 2 is 1.81 bits per heavy atom. The smallest absolute Gasteiger partial charge is 0.241 e. The van der Waals surface area contributed by atoms with Crippen molar-refractivity contribution in [1.82, 2.24) is 14.9 Å². The number of hydrogen-bond acceptors (Lipinski definition) is 6. The topological polar surface area (TPSA) is 117 Å². The van der Waals surface area contributed by atoms with Gasteiger partial charge in [-0.2, -0.15) is 4.72 Å². The third kappa shape index (κ3) is 6.90. The average molecular weight is 398 g/mol. The molecule has 0 bridgehead atoms. The van der Waals surface area contributed by atoms with Gasteiger partial charge in [0.15, 0.2) is 0 Å².